The smallest absolute Gasteiger partial charge is 0.278 e. The molecular weight excluding hydrogens is 406 g/mol. The van der Waals surface area contributed by atoms with Crippen LogP contribution in [0.25, 0.3) is 11.0 Å². The molecule has 1 atom stereocenters. The molecule has 0 radical (unpaired) electrons. The van der Waals surface area contributed by atoms with E-state index in [0.29, 0.717) is 40.1 Å². The highest BCUT2D eigenvalue weighted by Crippen LogP contribution is 2.28. The van der Waals surface area contributed by atoms with E-state index in [4.69, 9.17) is 11.6 Å². The van der Waals surface area contributed by atoms with Gasteiger partial charge in [0.2, 0.25) is 5.88 Å². The van der Waals surface area contributed by atoms with E-state index in [1.165, 1.54) is 0 Å². The summed E-state index contributed by atoms with van der Waals surface area (Å²) in [7, 11) is 0. The van der Waals surface area contributed by atoms with Crippen LogP contribution in [-0.4, -0.2) is 48.7 Å². The van der Waals surface area contributed by atoms with Crippen molar-refractivity contribution in [2.75, 3.05) is 6.54 Å². The fraction of sp³-hybridized carbons (Fsp3) is 0.318. The quantitative estimate of drug-likeness (QED) is 0.578. The van der Waals surface area contributed by atoms with Gasteiger partial charge in [0, 0.05) is 17.6 Å². The lowest BCUT2D eigenvalue weighted by Gasteiger charge is -2.25. The van der Waals surface area contributed by atoms with Crippen molar-refractivity contribution in [3.8, 4) is 5.88 Å². The van der Waals surface area contributed by atoms with Gasteiger partial charge >= 0.3 is 0 Å². The third-order valence-electron chi connectivity index (χ3n) is 5.51. The van der Waals surface area contributed by atoms with Crippen LogP contribution in [0.15, 0.2) is 36.4 Å². The summed E-state index contributed by atoms with van der Waals surface area (Å²) in [6, 6.07) is 10.7. The van der Waals surface area contributed by atoms with Crippen LogP contribution < -0.4 is 0 Å². The number of fused-ring (bicyclic) bond motifs is 1. The van der Waals surface area contributed by atoms with Crippen LogP contribution in [0.5, 0.6) is 5.88 Å². The van der Waals surface area contributed by atoms with Crippen molar-refractivity contribution in [2.24, 2.45) is 0 Å². The molecule has 3 N–H and O–H groups in total. The highest BCUT2D eigenvalue weighted by molar-refractivity contribution is 6.30. The number of aromatic hydroxyl groups is 1. The predicted molar refractivity (Wildman–Crippen MR) is 112 cm³/mol. The number of halogens is 1. The Morgan fingerprint density at radius 1 is 1.10 bits per heavy atom. The number of likely N-dealkylation sites (tertiary alicyclic amines) is 1. The summed E-state index contributed by atoms with van der Waals surface area (Å²) in [5.74, 6) is -0.815. The number of nitrogens with zero attached hydrogens (tertiary/aromatic N) is 3. The lowest BCUT2D eigenvalue weighted by molar-refractivity contribution is 0.0726. The molecule has 8 heteroatoms. The normalized spacial score (nSPS) is 16.4. The first-order chi connectivity index (χ1) is 14.5. The number of aliphatic hydroxyl groups is 2. The van der Waals surface area contributed by atoms with Crippen molar-refractivity contribution in [3.05, 3.63) is 63.8 Å². The molecule has 1 saturated heterocycles. The van der Waals surface area contributed by atoms with Gasteiger partial charge in [0.25, 0.3) is 5.91 Å². The fourth-order valence-corrected chi connectivity index (χ4v) is 4.22. The molecule has 1 unspecified atom stereocenters. The standard InChI is InChI=1S/C22H22ClN3O4/c23-16-4-1-3-13(7-16)8-17-5-2-6-26(17)22(30)20-21(29)25-19-10-15(12-28)14(11-27)9-18(19)24-20/h1,3-4,7,9-10,17,27-28H,2,5-6,8,11-12H2,(H,25,29). The molecule has 30 heavy (non-hydrogen) atoms. The van der Waals surface area contributed by atoms with Gasteiger partial charge in [0.1, 0.15) is 0 Å². The first-order valence-electron chi connectivity index (χ1n) is 9.79. The SMILES string of the molecule is O=C(c1nc2cc(CO)c(CO)cc2nc1O)N1CCCC1Cc1cccc(Cl)c1. The van der Waals surface area contributed by atoms with E-state index in [1.54, 1.807) is 17.0 Å². The van der Waals surface area contributed by atoms with Gasteiger partial charge in [-0.25, -0.2) is 9.97 Å². The number of hydrogen-bond donors (Lipinski definition) is 3. The van der Waals surface area contributed by atoms with Gasteiger partial charge in [-0.1, -0.05) is 23.7 Å². The Kier molecular flexibility index (Phi) is 5.85. The second-order valence-corrected chi connectivity index (χ2v) is 7.89. The number of carbonyl (C=O) groups is 1. The predicted octanol–water partition coefficient (Wildman–Crippen LogP) is 2.82. The number of hydrogen-bond acceptors (Lipinski definition) is 6. The average Bonchev–Trinajstić information content (AvgIpc) is 3.19. The van der Waals surface area contributed by atoms with Crippen molar-refractivity contribution < 1.29 is 20.1 Å². The van der Waals surface area contributed by atoms with Crippen molar-refractivity contribution >= 4 is 28.5 Å². The Balaban J connectivity index is 1.65. The molecular formula is C22H22ClN3O4. The maximum Gasteiger partial charge on any atom is 0.278 e. The number of benzene rings is 2. The minimum Gasteiger partial charge on any atom is -0.492 e. The molecule has 4 rings (SSSR count). The lowest BCUT2D eigenvalue weighted by atomic mass is 10.0. The van der Waals surface area contributed by atoms with Crippen LogP contribution in [0.3, 0.4) is 0 Å². The number of rotatable bonds is 5. The van der Waals surface area contributed by atoms with Crippen LogP contribution in [0, 0.1) is 0 Å². The van der Waals surface area contributed by atoms with Crippen LogP contribution in [0.2, 0.25) is 5.02 Å². The maximum absolute atomic E-state index is 13.2. The largest absolute Gasteiger partial charge is 0.492 e. The molecule has 7 nitrogen and oxygen atoms in total. The van der Waals surface area contributed by atoms with E-state index >= 15 is 0 Å². The average molecular weight is 428 g/mol. The zero-order valence-electron chi connectivity index (χ0n) is 16.3. The fourth-order valence-electron chi connectivity index (χ4n) is 4.01. The number of amides is 1. The Labute approximate surface area is 178 Å². The van der Waals surface area contributed by atoms with Gasteiger partial charge in [-0.2, -0.15) is 0 Å². The molecule has 0 spiro atoms. The summed E-state index contributed by atoms with van der Waals surface area (Å²) >= 11 is 6.08. The molecule has 156 valence electrons. The summed E-state index contributed by atoms with van der Waals surface area (Å²) in [5, 5.41) is 30.0. The van der Waals surface area contributed by atoms with Gasteiger partial charge in [-0.05, 0) is 60.2 Å². The van der Waals surface area contributed by atoms with Crippen LogP contribution in [0.4, 0.5) is 0 Å². The molecule has 1 amide bonds. The van der Waals surface area contributed by atoms with Gasteiger partial charge < -0.3 is 20.2 Å². The Hall–Kier alpha value is -2.74. The topological polar surface area (TPSA) is 107 Å². The van der Waals surface area contributed by atoms with Gasteiger partial charge in [0.15, 0.2) is 5.69 Å². The van der Waals surface area contributed by atoms with Crippen molar-refractivity contribution in [3.63, 3.8) is 0 Å². The molecule has 0 aliphatic carbocycles. The third kappa shape index (κ3) is 3.96. The summed E-state index contributed by atoms with van der Waals surface area (Å²) in [4.78, 5) is 23.4. The summed E-state index contributed by atoms with van der Waals surface area (Å²) in [6.45, 7) is 0.0357. The molecule has 0 bridgehead atoms. The monoisotopic (exact) mass is 427 g/mol. The first kappa shape index (κ1) is 20.5. The van der Waals surface area contributed by atoms with Crippen LogP contribution >= 0.6 is 11.6 Å². The molecule has 1 aromatic heterocycles. The zero-order chi connectivity index (χ0) is 21.3. The maximum atomic E-state index is 13.2. The van der Waals surface area contributed by atoms with E-state index < -0.39 is 5.88 Å². The molecule has 1 fully saturated rings. The molecule has 2 heterocycles. The Morgan fingerprint density at radius 2 is 1.80 bits per heavy atom. The third-order valence-corrected chi connectivity index (χ3v) is 5.74. The van der Waals surface area contributed by atoms with Gasteiger partial charge in [-0.3, -0.25) is 4.79 Å². The van der Waals surface area contributed by atoms with Crippen molar-refractivity contribution in [1.82, 2.24) is 14.9 Å². The Bertz CT molecular complexity index is 1110. The van der Waals surface area contributed by atoms with Crippen molar-refractivity contribution in [2.45, 2.75) is 38.5 Å². The summed E-state index contributed by atoms with van der Waals surface area (Å²) in [6.07, 6.45) is 2.39. The van der Waals surface area contributed by atoms with E-state index in [-0.39, 0.29) is 30.9 Å². The molecule has 0 saturated carbocycles. The molecule has 3 aromatic rings. The molecule has 1 aliphatic heterocycles. The van der Waals surface area contributed by atoms with E-state index in [2.05, 4.69) is 9.97 Å². The van der Waals surface area contributed by atoms with Gasteiger partial charge in [-0.15, -0.1) is 0 Å². The first-order valence-corrected chi connectivity index (χ1v) is 10.2. The number of aromatic nitrogens is 2. The number of carbonyl (C=O) groups excluding carboxylic acids is 1. The highest BCUT2D eigenvalue weighted by Gasteiger charge is 2.32. The summed E-state index contributed by atoms with van der Waals surface area (Å²) < 4.78 is 0. The highest BCUT2D eigenvalue weighted by atomic mass is 35.5. The lowest BCUT2D eigenvalue weighted by Crippen LogP contribution is -2.37. The minimum absolute atomic E-state index is 0.0161. The number of aliphatic hydroxyl groups excluding tert-OH is 2. The second-order valence-electron chi connectivity index (χ2n) is 7.45. The van der Waals surface area contributed by atoms with E-state index in [1.807, 2.05) is 24.3 Å². The van der Waals surface area contributed by atoms with E-state index in [9.17, 15) is 20.1 Å². The molecule has 2 aromatic carbocycles. The summed E-state index contributed by atoms with van der Waals surface area (Å²) in [5.41, 5.74) is 2.67. The second kappa shape index (κ2) is 8.55. The molecule has 1 aliphatic rings. The Morgan fingerprint density at radius 3 is 2.47 bits per heavy atom. The van der Waals surface area contributed by atoms with Crippen LogP contribution in [0.1, 0.15) is 40.0 Å². The van der Waals surface area contributed by atoms with Crippen LogP contribution in [-0.2, 0) is 19.6 Å². The zero-order valence-corrected chi connectivity index (χ0v) is 17.0. The minimum atomic E-state index is -0.443. The van der Waals surface area contributed by atoms with Gasteiger partial charge in [0.05, 0.1) is 24.2 Å². The van der Waals surface area contributed by atoms with E-state index in [0.717, 1.165) is 18.4 Å². The van der Waals surface area contributed by atoms with Crippen molar-refractivity contribution in [1.29, 1.82) is 0 Å².